The quantitative estimate of drug-likeness (QED) is 0.666. The van der Waals surface area contributed by atoms with E-state index in [2.05, 4.69) is 5.32 Å². The second kappa shape index (κ2) is 7.63. The molecule has 2 unspecified atom stereocenters. The van der Waals surface area contributed by atoms with Gasteiger partial charge in [-0.3, -0.25) is 9.59 Å². The molecular weight excluding hydrogens is 252 g/mol. The summed E-state index contributed by atoms with van der Waals surface area (Å²) in [6.45, 7) is 0.588. The molecule has 2 atom stereocenters. The second-order valence-electron chi connectivity index (χ2n) is 4.46. The van der Waals surface area contributed by atoms with Gasteiger partial charge in [-0.1, -0.05) is 6.42 Å². The van der Waals surface area contributed by atoms with Gasteiger partial charge in [0, 0.05) is 26.4 Å². The van der Waals surface area contributed by atoms with Crippen LogP contribution < -0.4 is 5.32 Å². The fourth-order valence-electron chi connectivity index (χ4n) is 2.08. The number of amides is 2. The van der Waals surface area contributed by atoms with E-state index in [4.69, 9.17) is 0 Å². The number of hydrogen-bond donors (Lipinski definition) is 2. The van der Waals surface area contributed by atoms with E-state index in [-0.39, 0.29) is 17.1 Å². The van der Waals surface area contributed by atoms with Gasteiger partial charge in [-0.05, 0) is 19.1 Å². The van der Waals surface area contributed by atoms with Gasteiger partial charge in [-0.25, -0.2) is 0 Å². The minimum absolute atomic E-state index is 0.0429. The van der Waals surface area contributed by atoms with Crippen LogP contribution in [-0.2, 0) is 9.59 Å². The fraction of sp³-hybridized carbons (Fsp3) is 0.833. The Kier molecular flexibility index (Phi) is 6.49. The van der Waals surface area contributed by atoms with Gasteiger partial charge in [-0.15, -0.1) is 0 Å². The van der Waals surface area contributed by atoms with E-state index in [1.165, 1.54) is 11.8 Å². The lowest BCUT2D eigenvalue weighted by Crippen LogP contribution is -2.34. The Morgan fingerprint density at radius 1 is 1.50 bits per heavy atom. The van der Waals surface area contributed by atoms with E-state index in [9.17, 15) is 14.7 Å². The van der Waals surface area contributed by atoms with Gasteiger partial charge in [0.25, 0.3) is 0 Å². The summed E-state index contributed by atoms with van der Waals surface area (Å²) < 4.78 is 0. The largest absolute Gasteiger partial charge is 0.373 e. The van der Waals surface area contributed by atoms with E-state index in [0.717, 1.165) is 19.3 Å². The molecule has 6 heteroatoms. The smallest absolute Gasteiger partial charge is 0.237 e. The highest BCUT2D eigenvalue weighted by molar-refractivity contribution is 7.99. The number of nitrogens with zero attached hydrogens (tertiary/aromatic N) is 1. The van der Waals surface area contributed by atoms with Gasteiger partial charge < -0.3 is 15.3 Å². The van der Waals surface area contributed by atoms with E-state index in [1.807, 2.05) is 6.26 Å². The first kappa shape index (κ1) is 15.3. The van der Waals surface area contributed by atoms with Crippen LogP contribution in [0.1, 0.15) is 32.1 Å². The average Bonchev–Trinajstić information content (AvgIpc) is 2.64. The van der Waals surface area contributed by atoms with Crippen molar-refractivity contribution in [2.24, 2.45) is 0 Å². The van der Waals surface area contributed by atoms with Crippen LogP contribution in [0.4, 0.5) is 0 Å². The van der Waals surface area contributed by atoms with Gasteiger partial charge in [0.1, 0.15) is 6.23 Å². The average molecular weight is 274 g/mol. The van der Waals surface area contributed by atoms with E-state index < -0.39 is 6.23 Å². The lowest BCUT2D eigenvalue weighted by molar-refractivity contribution is -0.133. The number of carbonyl (C=O) groups excluding carboxylic acids is 2. The lowest BCUT2D eigenvalue weighted by atomic mass is 10.2. The zero-order valence-electron chi connectivity index (χ0n) is 11.0. The van der Waals surface area contributed by atoms with Crippen molar-refractivity contribution in [1.29, 1.82) is 0 Å². The van der Waals surface area contributed by atoms with Crippen molar-refractivity contribution in [3.63, 3.8) is 0 Å². The van der Waals surface area contributed by atoms with Gasteiger partial charge in [0.2, 0.25) is 11.8 Å². The summed E-state index contributed by atoms with van der Waals surface area (Å²) in [4.78, 5) is 24.4. The number of hydrogen-bond acceptors (Lipinski definition) is 4. The van der Waals surface area contributed by atoms with Crippen LogP contribution in [0, 0.1) is 0 Å². The Morgan fingerprint density at radius 3 is 2.78 bits per heavy atom. The Bertz CT molecular complexity index is 299. The molecule has 5 nitrogen and oxygen atoms in total. The van der Waals surface area contributed by atoms with Crippen LogP contribution in [0.2, 0.25) is 0 Å². The monoisotopic (exact) mass is 274 g/mol. The van der Waals surface area contributed by atoms with Gasteiger partial charge >= 0.3 is 0 Å². The molecule has 104 valence electrons. The van der Waals surface area contributed by atoms with Crippen LogP contribution in [0.15, 0.2) is 0 Å². The number of unbranched alkanes of at least 4 members (excludes halogenated alkanes) is 2. The molecule has 1 heterocycles. The molecular formula is C12H22N2O3S. The van der Waals surface area contributed by atoms with Crippen molar-refractivity contribution in [3.8, 4) is 0 Å². The Balaban J connectivity index is 2.19. The summed E-state index contributed by atoms with van der Waals surface area (Å²) in [5, 5.41) is 12.3. The summed E-state index contributed by atoms with van der Waals surface area (Å²) in [7, 11) is 1.63. The molecule has 0 aromatic rings. The van der Waals surface area contributed by atoms with Crippen molar-refractivity contribution in [1.82, 2.24) is 10.2 Å². The number of nitrogens with one attached hydrogen (secondary N) is 1. The molecule has 1 aliphatic heterocycles. The fourth-order valence-corrected chi connectivity index (χ4v) is 2.78. The van der Waals surface area contributed by atoms with Gasteiger partial charge in [0.15, 0.2) is 0 Å². The molecule has 0 aromatic carbocycles. The molecule has 0 aromatic heterocycles. The number of thioether (sulfide) groups is 1. The molecule has 1 aliphatic rings. The van der Waals surface area contributed by atoms with Crippen molar-refractivity contribution < 1.29 is 14.7 Å². The Hall–Kier alpha value is -0.750. The first-order valence-electron chi connectivity index (χ1n) is 6.32. The summed E-state index contributed by atoms with van der Waals surface area (Å²) in [6.07, 6.45) is 4.87. The number of carbonyl (C=O) groups is 2. The predicted molar refractivity (Wildman–Crippen MR) is 72.2 cm³/mol. The third-order valence-electron chi connectivity index (χ3n) is 3.21. The Morgan fingerprint density at radius 2 is 2.22 bits per heavy atom. The second-order valence-corrected chi connectivity index (χ2v) is 5.50. The molecule has 2 N–H and O–H groups in total. The maximum Gasteiger partial charge on any atom is 0.237 e. The van der Waals surface area contributed by atoms with Crippen LogP contribution in [-0.4, -0.2) is 53.1 Å². The number of aliphatic hydroxyl groups is 1. The summed E-state index contributed by atoms with van der Waals surface area (Å²) in [5.74, 6) is 0.0935. The molecule has 0 aliphatic carbocycles. The minimum Gasteiger partial charge on any atom is -0.373 e. The third kappa shape index (κ3) is 4.17. The molecule has 2 amide bonds. The van der Waals surface area contributed by atoms with Crippen molar-refractivity contribution in [2.75, 3.05) is 19.8 Å². The number of aliphatic hydroxyl groups excluding tert-OH is 1. The topological polar surface area (TPSA) is 69.6 Å². The molecule has 0 bridgehead atoms. The molecule has 0 saturated carbocycles. The molecule has 1 rings (SSSR count). The normalized spacial score (nSPS) is 23.5. The highest BCUT2D eigenvalue weighted by Crippen LogP contribution is 2.26. The summed E-state index contributed by atoms with van der Waals surface area (Å²) in [5.41, 5.74) is 0. The minimum atomic E-state index is -0.631. The standard InChI is InChI=1S/C12H22N2O3S/c1-13-10(15)6-4-3-5-7-14-11(16)8-9(18-2)12(14)17/h9,11,16H,3-8H2,1-2H3,(H,13,15). The number of rotatable bonds is 7. The molecule has 0 radical (unpaired) electrons. The molecule has 0 spiro atoms. The molecule has 1 saturated heterocycles. The first-order chi connectivity index (χ1) is 8.60. The maximum absolute atomic E-state index is 11.8. The van der Waals surface area contributed by atoms with Crippen LogP contribution in [0.5, 0.6) is 0 Å². The van der Waals surface area contributed by atoms with Crippen molar-refractivity contribution >= 4 is 23.6 Å². The highest BCUT2D eigenvalue weighted by Gasteiger charge is 2.37. The van der Waals surface area contributed by atoms with Gasteiger partial charge in [0.05, 0.1) is 5.25 Å². The van der Waals surface area contributed by atoms with Crippen LogP contribution in [0.25, 0.3) is 0 Å². The highest BCUT2D eigenvalue weighted by atomic mass is 32.2. The zero-order chi connectivity index (χ0) is 13.5. The van der Waals surface area contributed by atoms with Crippen molar-refractivity contribution in [3.05, 3.63) is 0 Å². The first-order valence-corrected chi connectivity index (χ1v) is 7.61. The van der Waals surface area contributed by atoms with Crippen molar-refractivity contribution in [2.45, 2.75) is 43.6 Å². The van der Waals surface area contributed by atoms with E-state index >= 15 is 0 Å². The summed E-state index contributed by atoms with van der Waals surface area (Å²) >= 11 is 1.49. The molecule has 18 heavy (non-hydrogen) atoms. The van der Waals surface area contributed by atoms with Crippen LogP contribution >= 0.6 is 11.8 Å². The zero-order valence-corrected chi connectivity index (χ0v) is 11.8. The number of likely N-dealkylation sites (tertiary alicyclic amines) is 1. The summed E-state index contributed by atoms with van der Waals surface area (Å²) in [6, 6.07) is 0. The molecule has 1 fully saturated rings. The van der Waals surface area contributed by atoms with Crippen LogP contribution in [0.3, 0.4) is 0 Å². The Labute approximate surface area is 112 Å². The third-order valence-corrected chi connectivity index (χ3v) is 4.17. The predicted octanol–water partition coefficient (Wildman–Crippen LogP) is 0.575. The maximum atomic E-state index is 11.8. The SMILES string of the molecule is CNC(=O)CCCCCN1C(=O)C(SC)CC1O. The van der Waals surface area contributed by atoms with E-state index in [0.29, 0.717) is 19.4 Å². The van der Waals surface area contributed by atoms with E-state index in [1.54, 1.807) is 11.9 Å². The van der Waals surface area contributed by atoms with Gasteiger partial charge in [-0.2, -0.15) is 11.8 Å². The lowest BCUT2D eigenvalue weighted by Gasteiger charge is -2.20.